The summed E-state index contributed by atoms with van der Waals surface area (Å²) in [6.07, 6.45) is 0.927. The van der Waals surface area contributed by atoms with Crippen LogP contribution in [0.2, 0.25) is 5.02 Å². The number of rotatable bonds is 4. The first-order chi connectivity index (χ1) is 11.6. The van der Waals surface area contributed by atoms with E-state index in [4.69, 9.17) is 11.6 Å². The maximum absolute atomic E-state index is 12.0. The van der Waals surface area contributed by atoms with Gasteiger partial charge in [-0.1, -0.05) is 23.7 Å². The van der Waals surface area contributed by atoms with Crippen molar-refractivity contribution in [2.45, 2.75) is 19.0 Å². The van der Waals surface area contributed by atoms with Crippen molar-refractivity contribution in [1.82, 2.24) is 10.2 Å². The number of carbonyl (C=O) groups excluding carboxylic acids is 1. The lowest BCUT2D eigenvalue weighted by molar-refractivity contribution is 0.247. The van der Waals surface area contributed by atoms with Crippen LogP contribution in [0, 0.1) is 0 Å². The molecule has 3 N–H and O–H groups in total. The van der Waals surface area contributed by atoms with E-state index in [1.165, 1.54) is 5.56 Å². The summed E-state index contributed by atoms with van der Waals surface area (Å²) >= 11 is 5.90. The number of phenolic OH excluding ortho intramolecular Hbond substituents is 1. The third-order valence-corrected chi connectivity index (χ3v) is 4.30. The molecule has 126 valence electrons. The van der Waals surface area contributed by atoms with Gasteiger partial charge in [-0.2, -0.15) is 0 Å². The minimum atomic E-state index is -0.223. The summed E-state index contributed by atoms with van der Waals surface area (Å²) in [4.78, 5) is 14.4. The average Bonchev–Trinajstić information content (AvgIpc) is 2.99. The molecule has 2 aromatic carbocycles. The molecule has 0 aliphatic carbocycles. The Bertz CT molecular complexity index is 688. The van der Waals surface area contributed by atoms with Gasteiger partial charge in [0.05, 0.1) is 0 Å². The molecule has 1 atom stereocenters. The average molecular weight is 346 g/mol. The molecule has 1 aliphatic heterocycles. The third-order valence-electron chi connectivity index (χ3n) is 4.05. The highest BCUT2D eigenvalue weighted by atomic mass is 35.5. The van der Waals surface area contributed by atoms with Gasteiger partial charge in [0.15, 0.2) is 0 Å². The number of amides is 2. The van der Waals surface area contributed by atoms with Crippen molar-refractivity contribution in [3.8, 4) is 5.75 Å². The van der Waals surface area contributed by atoms with Gasteiger partial charge >= 0.3 is 6.03 Å². The molecule has 1 saturated heterocycles. The Morgan fingerprint density at radius 1 is 1.17 bits per heavy atom. The number of nitrogens with zero attached hydrogens (tertiary/aromatic N) is 1. The molecular formula is C18H20ClN3O2. The van der Waals surface area contributed by atoms with Gasteiger partial charge in [0, 0.05) is 36.4 Å². The van der Waals surface area contributed by atoms with Gasteiger partial charge in [0.2, 0.25) is 0 Å². The van der Waals surface area contributed by atoms with Gasteiger partial charge in [0.25, 0.3) is 0 Å². The van der Waals surface area contributed by atoms with Crippen molar-refractivity contribution < 1.29 is 9.90 Å². The number of halogens is 1. The summed E-state index contributed by atoms with van der Waals surface area (Å²) in [6, 6.07) is 14.2. The number of likely N-dealkylation sites (tertiary alicyclic amines) is 1. The molecule has 0 aromatic heterocycles. The number of benzene rings is 2. The van der Waals surface area contributed by atoms with Crippen LogP contribution in [0.5, 0.6) is 5.75 Å². The fraction of sp³-hybridized carbons (Fsp3) is 0.278. The molecule has 5 nitrogen and oxygen atoms in total. The first-order valence-electron chi connectivity index (χ1n) is 7.92. The highest BCUT2D eigenvalue weighted by Crippen LogP contribution is 2.17. The van der Waals surface area contributed by atoms with Crippen LogP contribution >= 0.6 is 11.6 Å². The maximum Gasteiger partial charge on any atom is 0.319 e. The number of urea groups is 1. The Morgan fingerprint density at radius 3 is 2.58 bits per heavy atom. The number of carbonyl (C=O) groups is 1. The first kappa shape index (κ1) is 16.6. The number of aromatic hydroxyl groups is 1. The fourth-order valence-electron chi connectivity index (χ4n) is 2.84. The van der Waals surface area contributed by atoms with Crippen LogP contribution in [-0.2, 0) is 6.54 Å². The van der Waals surface area contributed by atoms with Crippen molar-refractivity contribution in [2.24, 2.45) is 0 Å². The second-order valence-corrected chi connectivity index (χ2v) is 6.43. The van der Waals surface area contributed by atoms with Crippen molar-refractivity contribution in [2.75, 3.05) is 18.4 Å². The lowest BCUT2D eigenvalue weighted by atomic mass is 10.2. The molecule has 1 aliphatic rings. The van der Waals surface area contributed by atoms with Gasteiger partial charge in [-0.25, -0.2) is 4.79 Å². The lowest BCUT2D eigenvalue weighted by Crippen LogP contribution is -2.39. The molecule has 2 amide bonds. The number of hydrogen-bond donors (Lipinski definition) is 3. The maximum atomic E-state index is 12.0. The first-order valence-corrected chi connectivity index (χ1v) is 8.29. The number of phenols is 1. The Labute approximate surface area is 146 Å². The van der Waals surface area contributed by atoms with E-state index in [1.807, 2.05) is 24.3 Å². The summed E-state index contributed by atoms with van der Waals surface area (Å²) in [5, 5.41) is 15.8. The minimum absolute atomic E-state index is 0.134. The van der Waals surface area contributed by atoms with Crippen LogP contribution in [-0.4, -0.2) is 35.2 Å². The molecule has 1 heterocycles. The van der Waals surface area contributed by atoms with Gasteiger partial charge in [-0.15, -0.1) is 0 Å². The molecule has 3 rings (SSSR count). The number of hydrogen-bond acceptors (Lipinski definition) is 3. The molecule has 6 heteroatoms. The SMILES string of the molecule is O=C(Nc1ccc(O)cc1)NC1CCN(Cc2ccc(Cl)cc2)C1. The van der Waals surface area contributed by atoms with E-state index in [0.29, 0.717) is 5.69 Å². The normalized spacial score (nSPS) is 17.6. The van der Waals surface area contributed by atoms with Crippen LogP contribution < -0.4 is 10.6 Å². The van der Waals surface area contributed by atoms with E-state index < -0.39 is 0 Å². The Balaban J connectivity index is 1.46. The lowest BCUT2D eigenvalue weighted by Gasteiger charge is -2.17. The summed E-state index contributed by atoms with van der Waals surface area (Å²) < 4.78 is 0. The van der Waals surface area contributed by atoms with Crippen LogP contribution in [0.3, 0.4) is 0 Å². The Hall–Kier alpha value is -2.24. The predicted octanol–water partition coefficient (Wildman–Crippen LogP) is 3.44. The highest BCUT2D eigenvalue weighted by molar-refractivity contribution is 6.30. The van der Waals surface area contributed by atoms with Gasteiger partial charge in [-0.3, -0.25) is 4.90 Å². The zero-order chi connectivity index (χ0) is 16.9. The Morgan fingerprint density at radius 2 is 1.88 bits per heavy atom. The van der Waals surface area contributed by atoms with Crippen molar-refractivity contribution in [3.63, 3.8) is 0 Å². The van der Waals surface area contributed by atoms with E-state index in [-0.39, 0.29) is 17.8 Å². The molecule has 0 spiro atoms. The fourth-order valence-corrected chi connectivity index (χ4v) is 2.97. The highest BCUT2D eigenvalue weighted by Gasteiger charge is 2.23. The van der Waals surface area contributed by atoms with Crippen LogP contribution in [0.15, 0.2) is 48.5 Å². The van der Waals surface area contributed by atoms with Crippen LogP contribution in [0.25, 0.3) is 0 Å². The second-order valence-electron chi connectivity index (χ2n) is 5.99. The molecule has 1 fully saturated rings. The smallest absolute Gasteiger partial charge is 0.319 e. The molecule has 24 heavy (non-hydrogen) atoms. The minimum Gasteiger partial charge on any atom is -0.508 e. The number of nitrogens with one attached hydrogen (secondary N) is 2. The van der Waals surface area contributed by atoms with Crippen LogP contribution in [0.1, 0.15) is 12.0 Å². The standard InChI is InChI=1S/C18H20ClN3O2/c19-14-3-1-13(2-4-14)11-22-10-9-16(12-22)21-18(24)20-15-5-7-17(23)8-6-15/h1-8,16,23H,9-12H2,(H2,20,21,24). The zero-order valence-electron chi connectivity index (χ0n) is 13.2. The predicted molar refractivity (Wildman–Crippen MR) is 95.4 cm³/mol. The molecule has 1 unspecified atom stereocenters. The van der Waals surface area contributed by atoms with E-state index in [9.17, 15) is 9.90 Å². The summed E-state index contributed by atoms with van der Waals surface area (Å²) in [6.45, 7) is 2.63. The van der Waals surface area contributed by atoms with Crippen molar-refractivity contribution in [1.29, 1.82) is 0 Å². The monoisotopic (exact) mass is 345 g/mol. The second kappa shape index (κ2) is 7.55. The van der Waals surface area contributed by atoms with Gasteiger partial charge in [-0.05, 0) is 48.4 Å². The topological polar surface area (TPSA) is 64.6 Å². The number of anilines is 1. The molecule has 0 bridgehead atoms. The molecule has 2 aromatic rings. The van der Waals surface area contributed by atoms with Crippen LogP contribution in [0.4, 0.5) is 10.5 Å². The van der Waals surface area contributed by atoms with E-state index >= 15 is 0 Å². The summed E-state index contributed by atoms with van der Waals surface area (Å²) in [5.41, 5.74) is 1.87. The molecule has 0 saturated carbocycles. The summed E-state index contributed by atoms with van der Waals surface area (Å²) in [5.74, 6) is 0.176. The third kappa shape index (κ3) is 4.63. The zero-order valence-corrected chi connectivity index (χ0v) is 14.0. The van der Waals surface area contributed by atoms with E-state index in [1.54, 1.807) is 24.3 Å². The summed E-state index contributed by atoms with van der Waals surface area (Å²) in [7, 11) is 0. The van der Waals surface area contributed by atoms with E-state index in [2.05, 4.69) is 15.5 Å². The largest absolute Gasteiger partial charge is 0.508 e. The van der Waals surface area contributed by atoms with Gasteiger partial charge in [0.1, 0.15) is 5.75 Å². The molecular weight excluding hydrogens is 326 g/mol. The molecule has 0 radical (unpaired) electrons. The van der Waals surface area contributed by atoms with E-state index in [0.717, 1.165) is 31.1 Å². The van der Waals surface area contributed by atoms with Gasteiger partial charge < -0.3 is 15.7 Å². The Kier molecular flexibility index (Phi) is 5.23. The van der Waals surface area contributed by atoms with Crippen molar-refractivity contribution in [3.05, 3.63) is 59.1 Å². The van der Waals surface area contributed by atoms with Crippen molar-refractivity contribution >= 4 is 23.3 Å². The quantitative estimate of drug-likeness (QED) is 0.744.